The molecule has 1 aliphatic heterocycles. The Kier molecular flexibility index (Phi) is 14.2. The third-order valence-corrected chi connectivity index (χ3v) is 8.77. The van der Waals surface area contributed by atoms with Crippen molar-refractivity contribution in [2.24, 2.45) is 34.8 Å². The fraction of sp³-hybridized carbons (Fsp3) is 0.743. The van der Waals surface area contributed by atoms with Crippen LogP contribution in [0.5, 0.6) is 11.5 Å². The van der Waals surface area contributed by atoms with Gasteiger partial charge in [0.2, 0.25) is 11.8 Å². The maximum absolute atomic E-state index is 14.0. The standard InChI is InChI=1S/C35H59N3O8/c1-21(2)24-18-26(27(39)19-25(22(3)4)31(40)37-20-35(8,9)32(36)41)38(33(42)46-34(5,6)7)30(24)23-13-14-28(44-11)29(17-23)45-16-12-15-43-10/h13-14,17,21-22,24-27,30,39H,12,15-16,18-20H2,1-11H3,(H2,36,41)(H,37,40)/t24-,25+,26-,27-,30-/m0/s1. The zero-order valence-corrected chi connectivity index (χ0v) is 29.8. The number of carbonyl (C=O) groups excluding carboxylic acids is 3. The number of hydrogen-bond donors (Lipinski definition) is 3. The van der Waals surface area contributed by atoms with Gasteiger partial charge in [0, 0.05) is 32.6 Å². The molecule has 1 aliphatic rings. The van der Waals surface area contributed by atoms with Crippen LogP contribution in [0.15, 0.2) is 18.2 Å². The van der Waals surface area contributed by atoms with Crippen molar-refractivity contribution in [2.45, 2.75) is 105 Å². The molecule has 0 radical (unpaired) electrons. The molecule has 46 heavy (non-hydrogen) atoms. The van der Waals surface area contributed by atoms with Crippen LogP contribution in [0.1, 0.15) is 93.2 Å². The highest BCUT2D eigenvalue weighted by atomic mass is 16.6. The van der Waals surface area contributed by atoms with E-state index in [0.29, 0.717) is 37.6 Å². The first kappa shape index (κ1) is 39.1. The van der Waals surface area contributed by atoms with Gasteiger partial charge in [0.05, 0.1) is 37.3 Å². The van der Waals surface area contributed by atoms with Crippen molar-refractivity contribution in [1.82, 2.24) is 10.2 Å². The quantitative estimate of drug-likeness (QED) is 0.210. The Morgan fingerprint density at radius 2 is 1.70 bits per heavy atom. The Labute approximate surface area is 275 Å². The number of nitrogens with one attached hydrogen (secondary N) is 1. The van der Waals surface area contributed by atoms with Crippen LogP contribution in [0.3, 0.4) is 0 Å². The summed E-state index contributed by atoms with van der Waals surface area (Å²) in [5.74, 6) is -0.200. The van der Waals surface area contributed by atoms with Crippen molar-refractivity contribution in [2.75, 3.05) is 34.0 Å². The van der Waals surface area contributed by atoms with E-state index in [0.717, 1.165) is 5.56 Å². The Balaban J connectivity index is 2.51. The molecule has 262 valence electrons. The van der Waals surface area contributed by atoms with Crippen LogP contribution in [0, 0.1) is 29.1 Å². The van der Waals surface area contributed by atoms with Crippen molar-refractivity contribution in [3.63, 3.8) is 0 Å². The van der Waals surface area contributed by atoms with E-state index in [9.17, 15) is 19.5 Å². The highest BCUT2D eigenvalue weighted by Crippen LogP contribution is 2.48. The zero-order chi connectivity index (χ0) is 35.0. The molecule has 0 saturated carbocycles. The zero-order valence-electron chi connectivity index (χ0n) is 29.8. The largest absolute Gasteiger partial charge is 0.493 e. The van der Waals surface area contributed by atoms with Gasteiger partial charge in [-0.15, -0.1) is 0 Å². The maximum atomic E-state index is 14.0. The molecule has 0 spiro atoms. The second-order valence-corrected chi connectivity index (χ2v) is 14.8. The number of nitrogens with zero attached hydrogens (tertiary/aromatic N) is 1. The minimum Gasteiger partial charge on any atom is -0.493 e. The van der Waals surface area contributed by atoms with Crippen molar-refractivity contribution in [3.05, 3.63) is 23.8 Å². The van der Waals surface area contributed by atoms with Crippen molar-refractivity contribution < 1.29 is 38.4 Å². The molecule has 0 aromatic heterocycles. The summed E-state index contributed by atoms with van der Waals surface area (Å²) in [4.78, 5) is 40.9. The molecule has 1 aromatic rings. The Hall–Kier alpha value is -3.05. The lowest BCUT2D eigenvalue weighted by atomic mass is 9.82. The number of nitrogens with two attached hydrogens (primary N) is 1. The number of likely N-dealkylation sites (tertiary alicyclic amines) is 1. The number of aliphatic hydroxyl groups excluding tert-OH is 1. The molecule has 0 bridgehead atoms. The van der Waals surface area contributed by atoms with E-state index in [4.69, 9.17) is 24.7 Å². The summed E-state index contributed by atoms with van der Waals surface area (Å²) in [5, 5.41) is 14.7. The van der Waals surface area contributed by atoms with E-state index in [-0.39, 0.29) is 36.6 Å². The van der Waals surface area contributed by atoms with Gasteiger partial charge in [0.25, 0.3) is 0 Å². The molecule has 1 aromatic carbocycles. The van der Waals surface area contributed by atoms with E-state index >= 15 is 0 Å². The van der Waals surface area contributed by atoms with Crippen LogP contribution in [0.25, 0.3) is 0 Å². The third kappa shape index (κ3) is 10.5. The number of hydrogen-bond acceptors (Lipinski definition) is 8. The van der Waals surface area contributed by atoms with Crippen molar-refractivity contribution in [3.8, 4) is 11.5 Å². The van der Waals surface area contributed by atoms with Crippen LogP contribution in [-0.2, 0) is 19.1 Å². The van der Waals surface area contributed by atoms with Gasteiger partial charge in [-0.2, -0.15) is 0 Å². The molecule has 3 amide bonds. The summed E-state index contributed by atoms with van der Waals surface area (Å²) in [6.45, 7) is 17.9. The fourth-order valence-corrected chi connectivity index (χ4v) is 5.89. The summed E-state index contributed by atoms with van der Waals surface area (Å²) in [6, 6.07) is 4.63. The number of rotatable bonds is 16. The highest BCUT2D eigenvalue weighted by Gasteiger charge is 2.50. The normalized spacial score (nSPS) is 20.0. The number of benzene rings is 1. The molecule has 0 unspecified atom stereocenters. The number of ether oxygens (including phenoxy) is 4. The van der Waals surface area contributed by atoms with Crippen LogP contribution >= 0.6 is 0 Å². The number of carbonyl (C=O) groups is 3. The molecule has 4 N–H and O–H groups in total. The lowest BCUT2D eigenvalue weighted by Gasteiger charge is -2.37. The first-order valence-corrected chi connectivity index (χ1v) is 16.4. The summed E-state index contributed by atoms with van der Waals surface area (Å²) in [6.07, 6.45) is -0.218. The van der Waals surface area contributed by atoms with E-state index in [1.165, 1.54) is 0 Å². The number of aliphatic hydroxyl groups is 1. The first-order valence-electron chi connectivity index (χ1n) is 16.4. The smallest absolute Gasteiger partial charge is 0.411 e. The number of primary amides is 1. The first-order chi connectivity index (χ1) is 21.3. The SMILES string of the molecule is COCCCOc1cc([C@H]2[C@H](C(C)C)C[C@@H]([C@@H](O)C[C@@H](C(=O)NCC(C)(C)C(N)=O)C(C)C)N2C(=O)OC(C)(C)C)ccc1OC. The Morgan fingerprint density at radius 1 is 1.04 bits per heavy atom. The van der Waals surface area contributed by atoms with Gasteiger partial charge in [-0.25, -0.2) is 4.79 Å². The number of methoxy groups -OCH3 is 2. The van der Waals surface area contributed by atoms with Crippen LogP contribution in [0.4, 0.5) is 4.79 Å². The molecule has 11 heteroatoms. The molecule has 1 saturated heterocycles. The van der Waals surface area contributed by atoms with Crippen LogP contribution in [-0.4, -0.2) is 79.6 Å². The van der Waals surface area contributed by atoms with Gasteiger partial charge < -0.3 is 35.1 Å². The molecule has 2 rings (SSSR count). The average Bonchev–Trinajstić information content (AvgIpc) is 3.37. The summed E-state index contributed by atoms with van der Waals surface area (Å²) in [7, 11) is 3.23. The maximum Gasteiger partial charge on any atom is 0.411 e. The molecule has 1 heterocycles. The van der Waals surface area contributed by atoms with E-state index in [1.807, 2.05) is 52.8 Å². The van der Waals surface area contributed by atoms with Gasteiger partial charge in [-0.3, -0.25) is 14.5 Å². The molecule has 5 atom stereocenters. The molecular formula is C35H59N3O8. The summed E-state index contributed by atoms with van der Waals surface area (Å²) < 4.78 is 22.7. The predicted octanol–water partition coefficient (Wildman–Crippen LogP) is 5.08. The molecule has 0 aliphatic carbocycles. The minimum absolute atomic E-state index is 0.0235. The predicted molar refractivity (Wildman–Crippen MR) is 177 cm³/mol. The Bertz CT molecular complexity index is 1160. The highest BCUT2D eigenvalue weighted by molar-refractivity contribution is 5.83. The van der Waals surface area contributed by atoms with Gasteiger partial charge >= 0.3 is 6.09 Å². The van der Waals surface area contributed by atoms with Gasteiger partial charge in [0.15, 0.2) is 11.5 Å². The van der Waals surface area contributed by atoms with E-state index in [1.54, 1.807) is 33.0 Å². The van der Waals surface area contributed by atoms with Gasteiger partial charge in [0.1, 0.15) is 5.60 Å². The lowest BCUT2D eigenvalue weighted by molar-refractivity contribution is -0.130. The molecule has 11 nitrogen and oxygen atoms in total. The molecule has 1 fully saturated rings. The lowest BCUT2D eigenvalue weighted by Crippen LogP contribution is -2.49. The van der Waals surface area contributed by atoms with Crippen LogP contribution in [0.2, 0.25) is 0 Å². The minimum atomic E-state index is -1.02. The second-order valence-electron chi connectivity index (χ2n) is 14.8. The van der Waals surface area contributed by atoms with Gasteiger partial charge in [-0.1, -0.05) is 33.8 Å². The fourth-order valence-electron chi connectivity index (χ4n) is 5.89. The topological polar surface area (TPSA) is 150 Å². The van der Waals surface area contributed by atoms with E-state index in [2.05, 4.69) is 19.2 Å². The Morgan fingerprint density at radius 3 is 2.22 bits per heavy atom. The van der Waals surface area contributed by atoms with Crippen LogP contribution < -0.4 is 20.5 Å². The van der Waals surface area contributed by atoms with Crippen molar-refractivity contribution in [1.29, 1.82) is 0 Å². The third-order valence-electron chi connectivity index (χ3n) is 8.77. The molecular weight excluding hydrogens is 590 g/mol. The van der Waals surface area contributed by atoms with Crippen molar-refractivity contribution >= 4 is 17.9 Å². The summed E-state index contributed by atoms with van der Waals surface area (Å²) in [5.41, 5.74) is 4.66. The summed E-state index contributed by atoms with van der Waals surface area (Å²) >= 11 is 0. The number of amides is 3. The monoisotopic (exact) mass is 649 g/mol. The average molecular weight is 650 g/mol. The second kappa shape index (κ2) is 16.7. The van der Waals surface area contributed by atoms with Gasteiger partial charge in [-0.05, 0) is 82.9 Å². The van der Waals surface area contributed by atoms with E-state index < -0.39 is 47.1 Å².